The second-order valence-electron chi connectivity index (χ2n) is 9.77. The maximum Gasteiger partial charge on any atom is 0.0769 e. The molecule has 0 radical (unpaired) electrons. The maximum absolute atomic E-state index is 4.91. The maximum atomic E-state index is 4.91. The Morgan fingerprint density at radius 1 is 0.939 bits per heavy atom. The monoisotopic (exact) mass is 445 g/mol. The molecule has 0 unspecified atom stereocenters. The van der Waals surface area contributed by atoms with E-state index in [4.69, 9.17) is 5.10 Å². The van der Waals surface area contributed by atoms with Crippen LogP contribution in [0.1, 0.15) is 36.4 Å². The number of hydrogen-bond acceptors (Lipinski definition) is 4. The van der Waals surface area contributed by atoms with Crippen LogP contribution in [0.2, 0.25) is 0 Å². The molecule has 4 rings (SSSR count). The van der Waals surface area contributed by atoms with Gasteiger partial charge in [-0.15, -0.1) is 0 Å². The third-order valence-corrected chi connectivity index (χ3v) is 6.43. The summed E-state index contributed by atoms with van der Waals surface area (Å²) in [7, 11) is 0. The minimum Gasteiger partial charge on any atom is -0.369 e. The van der Waals surface area contributed by atoms with Crippen LogP contribution in [-0.2, 0) is 13.0 Å². The summed E-state index contributed by atoms with van der Waals surface area (Å²) < 4.78 is 2.11. The largest absolute Gasteiger partial charge is 0.369 e. The van der Waals surface area contributed by atoms with Crippen LogP contribution in [0.5, 0.6) is 0 Å². The first-order chi connectivity index (χ1) is 16.0. The number of nitrogens with zero attached hydrogens (tertiary/aromatic N) is 4. The molecule has 1 aromatic heterocycles. The first-order valence-electron chi connectivity index (χ1n) is 12.4. The Hall–Kier alpha value is -2.63. The van der Waals surface area contributed by atoms with Gasteiger partial charge in [0.05, 0.1) is 11.4 Å². The van der Waals surface area contributed by atoms with Crippen LogP contribution in [0.15, 0.2) is 54.6 Å². The van der Waals surface area contributed by atoms with Crippen LogP contribution in [0.4, 0.5) is 5.69 Å². The summed E-state index contributed by atoms with van der Waals surface area (Å²) in [5.41, 5.74) is 7.66. The second-order valence-corrected chi connectivity index (χ2v) is 9.77. The van der Waals surface area contributed by atoms with Crippen LogP contribution in [0.3, 0.4) is 0 Å². The van der Waals surface area contributed by atoms with Crippen molar-refractivity contribution in [2.75, 3.05) is 44.2 Å². The Kier molecular flexibility index (Phi) is 7.84. The van der Waals surface area contributed by atoms with Crippen molar-refractivity contribution < 1.29 is 0 Å². The first kappa shape index (κ1) is 23.5. The molecule has 1 saturated heterocycles. The molecule has 1 aliphatic heterocycles. The van der Waals surface area contributed by atoms with Crippen LogP contribution >= 0.6 is 0 Å². The highest BCUT2D eigenvalue weighted by atomic mass is 15.3. The lowest BCUT2D eigenvalue weighted by Crippen LogP contribution is -2.48. The van der Waals surface area contributed by atoms with E-state index in [-0.39, 0.29) is 0 Å². The van der Waals surface area contributed by atoms with Crippen molar-refractivity contribution in [1.82, 2.24) is 20.0 Å². The number of aryl methyl sites for hydroxylation is 2. The third-order valence-electron chi connectivity index (χ3n) is 6.43. The number of piperazine rings is 1. The Balaban J connectivity index is 1.25. The van der Waals surface area contributed by atoms with Crippen molar-refractivity contribution in [2.24, 2.45) is 5.92 Å². The van der Waals surface area contributed by atoms with Crippen LogP contribution in [0, 0.1) is 19.8 Å². The fraction of sp³-hybridized carbons (Fsp3) is 0.464. The summed E-state index contributed by atoms with van der Waals surface area (Å²) in [4.78, 5) is 5.10. The van der Waals surface area contributed by atoms with Crippen LogP contribution < -0.4 is 10.2 Å². The molecular weight excluding hydrogens is 406 g/mol. The molecule has 0 aliphatic carbocycles. The van der Waals surface area contributed by atoms with Gasteiger partial charge in [0.1, 0.15) is 0 Å². The molecule has 3 aromatic rings. The molecule has 33 heavy (non-hydrogen) atoms. The predicted molar refractivity (Wildman–Crippen MR) is 138 cm³/mol. The lowest BCUT2D eigenvalue weighted by atomic mass is 10.1. The zero-order valence-electron chi connectivity index (χ0n) is 20.7. The molecule has 1 N–H and O–H groups in total. The predicted octanol–water partition coefficient (Wildman–Crippen LogP) is 4.60. The lowest BCUT2D eigenvalue weighted by molar-refractivity contribution is 0.257. The number of anilines is 1. The van der Waals surface area contributed by atoms with Gasteiger partial charge in [-0.05, 0) is 56.0 Å². The van der Waals surface area contributed by atoms with Gasteiger partial charge in [0.15, 0.2) is 0 Å². The van der Waals surface area contributed by atoms with E-state index in [1.165, 1.54) is 22.5 Å². The van der Waals surface area contributed by atoms with E-state index in [1.54, 1.807) is 0 Å². The number of para-hydroxylation sites is 1. The molecule has 176 valence electrons. The van der Waals surface area contributed by atoms with Gasteiger partial charge in [0, 0.05) is 57.2 Å². The molecule has 2 aromatic carbocycles. The van der Waals surface area contributed by atoms with Gasteiger partial charge in [-0.3, -0.25) is 4.90 Å². The number of rotatable bonds is 9. The topological polar surface area (TPSA) is 36.3 Å². The molecule has 0 atom stereocenters. The van der Waals surface area contributed by atoms with Crippen molar-refractivity contribution in [1.29, 1.82) is 0 Å². The average Bonchev–Trinajstić information content (AvgIpc) is 3.20. The minimum absolute atomic E-state index is 0.604. The molecule has 0 amide bonds. The van der Waals surface area contributed by atoms with E-state index in [0.717, 1.165) is 63.6 Å². The molecule has 1 fully saturated rings. The molecule has 5 heteroatoms. The van der Waals surface area contributed by atoms with Crippen molar-refractivity contribution in [3.8, 4) is 5.69 Å². The van der Waals surface area contributed by atoms with E-state index in [0.29, 0.717) is 5.92 Å². The van der Waals surface area contributed by atoms with Gasteiger partial charge < -0.3 is 10.2 Å². The fourth-order valence-corrected chi connectivity index (χ4v) is 4.74. The zero-order chi connectivity index (χ0) is 23.2. The molecule has 0 spiro atoms. The molecular formula is C28H39N5. The molecule has 0 bridgehead atoms. The van der Waals surface area contributed by atoms with E-state index in [2.05, 4.69) is 102 Å². The number of nitrogens with one attached hydrogen (secondary N) is 1. The van der Waals surface area contributed by atoms with E-state index >= 15 is 0 Å². The molecule has 0 saturated carbocycles. The lowest BCUT2D eigenvalue weighted by Gasteiger charge is -2.37. The quantitative estimate of drug-likeness (QED) is 0.489. The van der Waals surface area contributed by atoms with E-state index in [9.17, 15) is 0 Å². The smallest absolute Gasteiger partial charge is 0.0769 e. The SMILES string of the molecule is Cc1ccc(N2CCN(CCNCc3cc(CC(C)C)n(-c4ccccc4)n3)CC2)c(C)c1. The highest BCUT2D eigenvalue weighted by molar-refractivity contribution is 5.54. The molecule has 2 heterocycles. The highest BCUT2D eigenvalue weighted by Crippen LogP contribution is 2.22. The summed E-state index contributed by atoms with van der Waals surface area (Å²) in [6.07, 6.45) is 1.03. The summed E-state index contributed by atoms with van der Waals surface area (Å²) in [6, 6.07) is 19.5. The summed E-state index contributed by atoms with van der Waals surface area (Å²) in [5, 5.41) is 8.53. The standard InChI is InChI=1S/C28H39N5/c1-22(2)18-27-20-25(30-33(27)26-8-6-5-7-9-26)21-29-12-13-31-14-16-32(17-15-31)28-11-10-23(3)19-24(28)4/h5-11,19-20,22,29H,12-18,21H2,1-4H3. The summed E-state index contributed by atoms with van der Waals surface area (Å²) >= 11 is 0. The summed E-state index contributed by atoms with van der Waals surface area (Å²) in [5.74, 6) is 0.604. The van der Waals surface area contributed by atoms with Crippen molar-refractivity contribution in [3.63, 3.8) is 0 Å². The Bertz CT molecular complexity index is 1020. The van der Waals surface area contributed by atoms with Crippen LogP contribution in [0.25, 0.3) is 5.69 Å². The highest BCUT2D eigenvalue weighted by Gasteiger charge is 2.18. The number of aromatic nitrogens is 2. The van der Waals surface area contributed by atoms with E-state index < -0.39 is 0 Å². The zero-order valence-corrected chi connectivity index (χ0v) is 20.7. The minimum atomic E-state index is 0.604. The molecule has 1 aliphatic rings. The Morgan fingerprint density at radius 3 is 2.39 bits per heavy atom. The Labute approximate surface area is 199 Å². The van der Waals surface area contributed by atoms with Gasteiger partial charge in [-0.2, -0.15) is 5.10 Å². The van der Waals surface area contributed by atoms with Crippen LogP contribution in [-0.4, -0.2) is 53.9 Å². The Morgan fingerprint density at radius 2 is 1.70 bits per heavy atom. The van der Waals surface area contributed by atoms with Crippen molar-refractivity contribution in [2.45, 2.75) is 40.7 Å². The van der Waals surface area contributed by atoms with Gasteiger partial charge >= 0.3 is 0 Å². The first-order valence-corrected chi connectivity index (χ1v) is 12.4. The number of hydrogen-bond donors (Lipinski definition) is 1. The normalized spacial score (nSPS) is 14.9. The molecule has 5 nitrogen and oxygen atoms in total. The third kappa shape index (κ3) is 6.24. The second kappa shape index (κ2) is 11.0. The van der Waals surface area contributed by atoms with Gasteiger partial charge in [0.25, 0.3) is 0 Å². The fourth-order valence-electron chi connectivity index (χ4n) is 4.74. The average molecular weight is 446 g/mol. The van der Waals surface area contributed by atoms with Gasteiger partial charge in [-0.1, -0.05) is 49.7 Å². The number of benzene rings is 2. The van der Waals surface area contributed by atoms with Gasteiger partial charge in [0.2, 0.25) is 0 Å². The van der Waals surface area contributed by atoms with Crippen molar-refractivity contribution >= 4 is 5.69 Å². The summed E-state index contributed by atoms with van der Waals surface area (Å²) in [6.45, 7) is 16.2. The van der Waals surface area contributed by atoms with Gasteiger partial charge in [-0.25, -0.2) is 4.68 Å². The van der Waals surface area contributed by atoms with E-state index in [1.807, 2.05) is 0 Å². The van der Waals surface area contributed by atoms with Crippen molar-refractivity contribution in [3.05, 3.63) is 77.1 Å².